The average molecular weight is 440 g/mol. The Bertz CT molecular complexity index is 883. The molecule has 4 rings (SSSR count). The third-order valence-electron chi connectivity index (χ3n) is 9.53. The van der Waals surface area contributed by atoms with Crippen LogP contribution < -0.4 is 0 Å². The Morgan fingerprint density at radius 3 is 2.59 bits per heavy atom. The molecule has 0 aromatic carbocycles. The average Bonchev–Trinajstić information content (AvgIpc) is 3.08. The van der Waals surface area contributed by atoms with Crippen LogP contribution in [0.3, 0.4) is 0 Å². The molecule has 3 fully saturated rings. The van der Waals surface area contributed by atoms with Crippen molar-refractivity contribution in [1.29, 1.82) is 5.26 Å². The van der Waals surface area contributed by atoms with Crippen molar-refractivity contribution in [3.05, 3.63) is 23.3 Å². The SMILES string of the molecule is CC(=O)OCC(=CC#N)[C@H]1CC[C@H]2[C@@H]3CC=C4C[C@@H](OC(C)=O)CC[C@]4(C)[C@H]3CC[C@]12C. The highest BCUT2D eigenvalue weighted by atomic mass is 16.5. The van der Waals surface area contributed by atoms with Crippen LogP contribution in [-0.2, 0) is 19.1 Å². The highest BCUT2D eigenvalue weighted by Crippen LogP contribution is 2.67. The second-order valence-corrected chi connectivity index (χ2v) is 11.0. The van der Waals surface area contributed by atoms with Crippen molar-refractivity contribution in [2.75, 3.05) is 6.61 Å². The molecule has 4 aliphatic rings. The van der Waals surface area contributed by atoms with E-state index in [9.17, 15) is 14.9 Å². The van der Waals surface area contributed by atoms with Gasteiger partial charge < -0.3 is 9.47 Å². The summed E-state index contributed by atoms with van der Waals surface area (Å²) in [6.07, 6.45) is 12.8. The van der Waals surface area contributed by atoms with Crippen LogP contribution in [0.2, 0.25) is 0 Å². The summed E-state index contributed by atoms with van der Waals surface area (Å²) in [7, 11) is 0. The van der Waals surface area contributed by atoms with Crippen LogP contribution in [0.1, 0.15) is 79.1 Å². The van der Waals surface area contributed by atoms with Gasteiger partial charge in [0.1, 0.15) is 12.7 Å². The van der Waals surface area contributed by atoms with E-state index >= 15 is 0 Å². The Morgan fingerprint density at radius 1 is 1.12 bits per heavy atom. The van der Waals surface area contributed by atoms with Gasteiger partial charge in [0.05, 0.1) is 6.07 Å². The molecule has 0 aliphatic heterocycles. The van der Waals surface area contributed by atoms with Gasteiger partial charge in [-0.1, -0.05) is 25.5 Å². The molecule has 0 bridgehead atoms. The van der Waals surface area contributed by atoms with E-state index in [1.165, 1.54) is 32.3 Å². The largest absolute Gasteiger partial charge is 0.462 e. The van der Waals surface area contributed by atoms with Crippen LogP contribution >= 0.6 is 0 Å². The lowest BCUT2D eigenvalue weighted by atomic mass is 9.47. The molecule has 0 spiro atoms. The van der Waals surface area contributed by atoms with Crippen molar-refractivity contribution in [3.63, 3.8) is 0 Å². The minimum Gasteiger partial charge on any atom is -0.462 e. The Kier molecular flexibility index (Phi) is 6.27. The van der Waals surface area contributed by atoms with E-state index in [-0.39, 0.29) is 35.5 Å². The molecule has 0 amide bonds. The number of ether oxygens (including phenoxy) is 2. The standard InChI is InChI=1S/C27H37NO4/c1-17(29)31-16-19(11-14-28)23-7-8-24-22-6-5-20-15-21(32-18(2)30)9-12-26(20,3)25(22)10-13-27(23,24)4/h5,11,21-25H,6-10,12-13,15-16H2,1-4H3/t21-,22-,23+,24-,25-,26-,27+/m0/s1. The molecule has 0 unspecified atom stereocenters. The Balaban J connectivity index is 1.55. The fraction of sp³-hybridized carbons (Fsp3) is 0.741. The smallest absolute Gasteiger partial charge is 0.302 e. The van der Waals surface area contributed by atoms with Crippen LogP contribution in [0.25, 0.3) is 0 Å². The number of nitrogens with zero attached hydrogens (tertiary/aromatic N) is 1. The van der Waals surface area contributed by atoms with Crippen LogP contribution in [0, 0.1) is 45.8 Å². The first-order chi connectivity index (χ1) is 15.2. The van der Waals surface area contributed by atoms with Crippen LogP contribution in [0.4, 0.5) is 0 Å². The lowest BCUT2D eigenvalue weighted by Gasteiger charge is -2.58. The lowest BCUT2D eigenvalue weighted by molar-refractivity contribution is -0.148. The molecule has 0 heterocycles. The van der Waals surface area contributed by atoms with E-state index in [2.05, 4.69) is 26.0 Å². The van der Waals surface area contributed by atoms with Crippen molar-refractivity contribution in [1.82, 2.24) is 0 Å². The molecule has 0 radical (unpaired) electrons. The van der Waals surface area contributed by atoms with Gasteiger partial charge in [0.2, 0.25) is 0 Å². The van der Waals surface area contributed by atoms with Gasteiger partial charge in [0, 0.05) is 26.3 Å². The number of hydrogen-bond acceptors (Lipinski definition) is 5. The summed E-state index contributed by atoms with van der Waals surface area (Å²) in [6.45, 7) is 8.05. The number of rotatable bonds is 4. The van der Waals surface area contributed by atoms with Gasteiger partial charge in [-0.25, -0.2) is 0 Å². The Hall–Kier alpha value is -2.09. The number of esters is 2. The van der Waals surface area contributed by atoms with Gasteiger partial charge in [-0.3, -0.25) is 9.59 Å². The summed E-state index contributed by atoms with van der Waals surface area (Å²) in [5.74, 6) is 1.81. The van der Waals surface area contributed by atoms with E-state index in [1.807, 2.05) is 0 Å². The van der Waals surface area contributed by atoms with E-state index in [1.54, 1.807) is 6.08 Å². The number of carbonyl (C=O) groups excluding carboxylic acids is 2. The van der Waals surface area contributed by atoms with Crippen molar-refractivity contribution >= 4 is 11.9 Å². The van der Waals surface area contributed by atoms with Crippen LogP contribution in [0.5, 0.6) is 0 Å². The molecule has 7 atom stereocenters. The quantitative estimate of drug-likeness (QED) is 0.328. The van der Waals surface area contributed by atoms with E-state index in [4.69, 9.17) is 9.47 Å². The Labute approximate surface area is 192 Å². The van der Waals surface area contributed by atoms with Crippen molar-refractivity contribution in [2.24, 2.45) is 34.5 Å². The molecule has 5 nitrogen and oxygen atoms in total. The number of allylic oxidation sites excluding steroid dienone is 2. The highest BCUT2D eigenvalue weighted by molar-refractivity contribution is 5.66. The second-order valence-electron chi connectivity index (χ2n) is 11.0. The second kappa shape index (κ2) is 8.69. The van der Waals surface area contributed by atoms with Crippen molar-refractivity contribution in [3.8, 4) is 6.07 Å². The number of hydrogen-bond donors (Lipinski definition) is 0. The predicted octanol–water partition coefficient (Wildman–Crippen LogP) is 5.51. The summed E-state index contributed by atoms with van der Waals surface area (Å²) >= 11 is 0. The summed E-state index contributed by atoms with van der Waals surface area (Å²) in [5, 5.41) is 9.36. The summed E-state index contributed by atoms with van der Waals surface area (Å²) < 4.78 is 10.9. The maximum Gasteiger partial charge on any atom is 0.302 e. The molecule has 174 valence electrons. The monoisotopic (exact) mass is 439 g/mol. The van der Waals surface area contributed by atoms with Gasteiger partial charge in [-0.05, 0) is 85.0 Å². The van der Waals surface area contributed by atoms with Crippen LogP contribution in [0.15, 0.2) is 23.3 Å². The molecule has 3 saturated carbocycles. The normalized spacial score (nSPS) is 40.8. The first-order valence-corrected chi connectivity index (χ1v) is 12.3. The number of carbonyl (C=O) groups is 2. The van der Waals surface area contributed by atoms with Gasteiger partial charge >= 0.3 is 11.9 Å². The number of nitriles is 1. The molecule has 0 N–H and O–H groups in total. The van der Waals surface area contributed by atoms with Gasteiger partial charge in [-0.15, -0.1) is 0 Å². The summed E-state index contributed by atoms with van der Waals surface area (Å²) in [5.41, 5.74) is 2.86. The zero-order chi connectivity index (χ0) is 23.1. The highest BCUT2D eigenvalue weighted by Gasteiger charge is 2.59. The molecule has 4 aliphatic carbocycles. The van der Waals surface area contributed by atoms with Gasteiger partial charge in [0.15, 0.2) is 0 Å². The van der Waals surface area contributed by atoms with Crippen LogP contribution in [-0.4, -0.2) is 24.6 Å². The summed E-state index contributed by atoms with van der Waals surface area (Å²) in [6, 6.07) is 2.20. The third-order valence-corrected chi connectivity index (χ3v) is 9.53. The topological polar surface area (TPSA) is 76.4 Å². The molecule has 5 heteroatoms. The Morgan fingerprint density at radius 2 is 1.91 bits per heavy atom. The fourth-order valence-electron chi connectivity index (χ4n) is 8.08. The zero-order valence-electron chi connectivity index (χ0n) is 20.0. The fourth-order valence-corrected chi connectivity index (χ4v) is 8.08. The molecular weight excluding hydrogens is 402 g/mol. The molecule has 32 heavy (non-hydrogen) atoms. The number of fused-ring (bicyclic) bond motifs is 5. The molecular formula is C27H37NO4. The minimum absolute atomic E-state index is 0.0352. The van der Waals surface area contributed by atoms with E-state index in [0.29, 0.717) is 23.7 Å². The van der Waals surface area contributed by atoms with Crippen molar-refractivity contribution < 1.29 is 19.1 Å². The first kappa shape index (κ1) is 23.1. The predicted molar refractivity (Wildman–Crippen MR) is 121 cm³/mol. The molecule has 0 saturated heterocycles. The van der Waals surface area contributed by atoms with Gasteiger partial charge in [0.25, 0.3) is 0 Å². The van der Waals surface area contributed by atoms with E-state index in [0.717, 1.165) is 44.1 Å². The first-order valence-electron chi connectivity index (χ1n) is 12.3. The van der Waals surface area contributed by atoms with Crippen molar-refractivity contribution in [2.45, 2.75) is 85.2 Å². The zero-order valence-corrected chi connectivity index (χ0v) is 20.0. The molecule has 0 aromatic heterocycles. The maximum absolute atomic E-state index is 11.5. The molecule has 0 aromatic rings. The van der Waals surface area contributed by atoms with Gasteiger partial charge in [-0.2, -0.15) is 5.26 Å². The minimum atomic E-state index is -0.292. The lowest BCUT2D eigenvalue weighted by Crippen LogP contribution is -2.50. The van der Waals surface area contributed by atoms with E-state index < -0.39 is 0 Å². The maximum atomic E-state index is 11.5. The summed E-state index contributed by atoms with van der Waals surface area (Å²) in [4.78, 5) is 22.9. The third kappa shape index (κ3) is 3.91.